The monoisotopic (exact) mass is 282 g/mol. The number of rotatable bonds is 3. The summed E-state index contributed by atoms with van der Waals surface area (Å²) in [6.45, 7) is 5.18. The number of carbonyl (C=O) groups excluding carboxylic acids is 1. The lowest BCUT2D eigenvalue weighted by atomic mass is 9.80. The van der Waals surface area contributed by atoms with Crippen LogP contribution in [0.4, 0.5) is 8.78 Å². The SMILES string of the molecule is CC(NC(=O)C1(C)CCNCC1)c1cc(F)ccc1F. The van der Waals surface area contributed by atoms with Gasteiger partial charge in [0.2, 0.25) is 5.91 Å². The van der Waals surface area contributed by atoms with Gasteiger partial charge in [-0.1, -0.05) is 6.92 Å². The van der Waals surface area contributed by atoms with Crippen molar-refractivity contribution in [3.8, 4) is 0 Å². The molecule has 0 spiro atoms. The van der Waals surface area contributed by atoms with Crippen LogP contribution in [0.3, 0.4) is 0 Å². The van der Waals surface area contributed by atoms with Gasteiger partial charge in [-0.2, -0.15) is 0 Å². The number of amides is 1. The van der Waals surface area contributed by atoms with Gasteiger partial charge < -0.3 is 10.6 Å². The van der Waals surface area contributed by atoms with E-state index < -0.39 is 23.1 Å². The summed E-state index contributed by atoms with van der Waals surface area (Å²) in [6.07, 6.45) is 1.49. The van der Waals surface area contributed by atoms with E-state index in [4.69, 9.17) is 0 Å². The zero-order valence-electron chi connectivity index (χ0n) is 11.8. The maximum atomic E-state index is 13.7. The third-order valence-corrected chi connectivity index (χ3v) is 4.03. The van der Waals surface area contributed by atoms with Crippen molar-refractivity contribution in [2.24, 2.45) is 5.41 Å². The topological polar surface area (TPSA) is 41.1 Å². The molecule has 0 bridgehead atoms. The van der Waals surface area contributed by atoms with E-state index in [1.165, 1.54) is 0 Å². The second-order valence-electron chi connectivity index (χ2n) is 5.67. The molecule has 1 aliphatic rings. The molecule has 1 unspecified atom stereocenters. The van der Waals surface area contributed by atoms with E-state index in [0.717, 1.165) is 44.1 Å². The van der Waals surface area contributed by atoms with Crippen LogP contribution >= 0.6 is 0 Å². The molecule has 1 heterocycles. The Morgan fingerprint density at radius 2 is 2.00 bits per heavy atom. The van der Waals surface area contributed by atoms with Gasteiger partial charge in [-0.3, -0.25) is 4.79 Å². The maximum Gasteiger partial charge on any atom is 0.226 e. The normalized spacial score (nSPS) is 19.4. The summed E-state index contributed by atoms with van der Waals surface area (Å²) in [4.78, 5) is 12.3. The smallest absolute Gasteiger partial charge is 0.226 e. The molecule has 110 valence electrons. The van der Waals surface area contributed by atoms with Crippen molar-refractivity contribution in [2.45, 2.75) is 32.7 Å². The molecular weight excluding hydrogens is 262 g/mol. The van der Waals surface area contributed by atoms with Crippen molar-refractivity contribution in [1.29, 1.82) is 0 Å². The Morgan fingerprint density at radius 3 is 2.65 bits per heavy atom. The molecule has 0 saturated carbocycles. The number of carbonyl (C=O) groups is 1. The average Bonchev–Trinajstić information content (AvgIpc) is 2.42. The van der Waals surface area contributed by atoms with E-state index in [2.05, 4.69) is 10.6 Å². The largest absolute Gasteiger partial charge is 0.349 e. The third-order valence-electron chi connectivity index (χ3n) is 4.03. The fraction of sp³-hybridized carbons (Fsp3) is 0.533. The molecule has 1 fully saturated rings. The van der Waals surface area contributed by atoms with Crippen LogP contribution in [0.25, 0.3) is 0 Å². The van der Waals surface area contributed by atoms with Gasteiger partial charge >= 0.3 is 0 Å². The van der Waals surface area contributed by atoms with Crippen molar-refractivity contribution in [2.75, 3.05) is 13.1 Å². The van der Waals surface area contributed by atoms with Crippen LogP contribution in [0.15, 0.2) is 18.2 Å². The highest BCUT2D eigenvalue weighted by Crippen LogP contribution is 2.29. The Bertz CT molecular complexity index is 499. The Morgan fingerprint density at radius 1 is 1.35 bits per heavy atom. The van der Waals surface area contributed by atoms with Gasteiger partial charge in [0.1, 0.15) is 11.6 Å². The fourth-order valence-corrected chi connectivity index (χ4v) is 2.50. The first-order chi connectivity index (χ1) is 9.42. The minimum Gasteiger partial charge on any atom is -0.349 e. The first kappa shape index (κ1) is 14.9. The van der Waals surface area contributed by atoms with E-state index in [0.29, 0.717) is 0 Å². The van der Waals surface area contributed by atoms with Crippen molar-refractivity contribution < 1.29 is 13.6 Å². The number of benzene rings is 1. The Balaban J connectivity index is 2.08. The van der Waals surface area contributed by atoms with Crippen LogP contribution in [0, 0.1) is 17.0 Å². The van der Waals surface area contributed by atoms with E-state index >= 15 is 0 Å². The Kier molecular flexibility index (Phi) is 4.38. The van der Waals surface area contributed by atoms with Gasteiger partial charge in [0, 0.05) is 11.0 Å². The lowest BCUT2D eigenvalue weighted by Crippen LogP contribution is -2.46. The fourth-order valence-electron chi connectivity index (χ4n) is 2.50. The highest BCUT2D eigenvalue weighted by atomic mass is 19.1. The molecule has 20 heavy (non-hydrogen) atoms. The van der Waals surface area contributed by atoms with Gasteiger partial charge in [-0.05, 0) is 51.1 Å². The highest BCUT2D eigenvalue weighted by molar-refractivity contribution is 5.82. The molecule has 1 aromatic carbocycles. The van der Waals surface area contributed by atoms with Crippen molar-refractivity contribution >= 4 is 5.91 Å². The van der Waals surface area contributed by atoms with Crippen LogP contribution in [0.2, 0.25) is 0 Å². The van der Waals surface area contributed by atoms with Crippen molar-refractivity contribution in [3.63, 3.8) is 0 Å². The summed E-state index contributed by atoms with van der Waals surface area (Å²) >= 11 is 0. The first-order valence-corrected chi connectivity index (χ1v) is 6.89. The maximum absolute atomic E-state index is 13.7. The minimum absolute atomic E-state index is 0.102. The number of piperidine rings is 1. The minimum atomic E-state index is -0.551. The molecule has 0 aliphatic carbocycles. The molecule has 1 amide bonds. The average molecular weight is 282 g/mol. The highest BCUT2D eigenvalue weighted by Gasteiger charge is 2.35. The van der Waals surface area contributed by atoms with Crippen molar-refractivity contribution in [3.05, 3.63) is 35.4 Å². The van der Waals surface area contributed by atoms with Gasteiger partial charge in [-0.15, -0.1) is 0 Å². The first-order valence-electron chi connectivity index (χ1n) is 6.89. The second kappa shape index (κ2) is 5.87. The number of nitrogens with one attached hydrogen (secondary N) is 2. The molecule has 0 radical (unpaired) electrons. The third kappa shape index (κ3) is 3.15. The van der Waals surface area contributed by atoms with Gasteiger partial charge in [0.25, 0.3) is 0 Å². The lowest BCUT2D eigenvalue weighted by molar-refractivity contribution is -0.132. The molecule has 2 N–H and O–H groups in total. The van der Waals surface area contributed by atoms with Crippen LogP contribution in [-0.2, 0) is 4.79 Å². The number of hydrogen-bond acceptors (Lipinski definition) is 2. The second-order valence-corrected chi connectivity index (χ2v) is 5.67. The summed E-state index contributed by atoms with van der Waals surface area (Å²) in [6, 6.07) is 2.73. The van der Waals surface area contributed by atoms with E-state index in [1.807, 2.05) is 6.92 Å². The summed E-state index contributed by atoms with van der Waals surface area (Å²) in [7, 11) is 0. The van der Waals surface area contributed by atoms with E-state index in [9.17, 15) is 13.6 Å². The van der Waals surface area contributed by atoms with Gasteiger partial charge in [-0.25, -0.2) is 8.78 Å². The predicted molar refractivity (Wildman–Crippen MR) is 73.1 cm³/mol. The zero-order chi connectivity index (χ0) is 14.8. The van der Waals surface area contributed by atoms with Crippen LogP contribution in [-0.4, -0.2) is 19.0 Å². The van der Waals surface area contributed by atoms with Crippen LogP contribution in [0.1, 0.15) is 38.3 Å². The van der Waals surface area contributed by atoms with Crippen molar-refractivity contribution in [1.82, 2.24) is 10.6 Å². The summed E-state index contributed by atoms with van der Waals surface area (Å²) in [5.74, 6) is -1.11. The zero-order valence-corrected chi connectivity index (χ0v) is 11.8. The van der Waals surface area contributed by atoms with Gasteiger partial charge in [0.05, 0.1) is 6.04 Å². The molecule has 2 rings (SSSR count). The van der Waals surface area contributed by atoms with E-state index in [-0.39, 0.29) is 11.5 Å². The summed E-state index contributed by atoms with van der Waals surface area (Å²) < 4.78 is 26.9. The molecule has 5 heteroatoms. The molecule has 3 nitrogen and oxygen atoms in total. The summed E-state index contributed by atoms with van der Waals surface area (Å²) in [5.41, 5.74) is -0.264. The van der Waals surface area contributed by atoms with Crippen LogP contribution in [0.5, 0.6) is 0 Å². The number of halogens is 2. The molecule has 1 saturated heterocycles. The standard InChI is InChI=1S/C15H20F2N2O/c1-10(12-9-11(16)3-4-13(12)17)19-14(20)15(2)5-7-18-8-6-15/h3-4,9-10,18H,5-8H2,1-2H3,(H,19,20). The Labute approximate surface area is 117 Å². The quantitative estimate of drug-likeness (QED) is 0.894. The van der Waals surface area contributed by atoms with E-state index in [1.54, 1.807) is 6.92 Å². The predicted octanol–water partition coefficient (Wildman–Crippen LogP) is 2.53. The Hall–Kier alpha value is -1.49. The van der Waals surface area contributed by atoms with Crippen LogP contribution < -0.4 is 10.6 Å². The molecule has 1 aliphatic heterocycles. The summed E-state index contributed by atoms with van der Waals surface area (Å²) in [5, 5.41) is 6.01. The molecular formula is C15H20F2N2O. The molecule has 0 aromatic heterocycles. The number of hydrogen-bond donors (Lipinski definition) is 2. The lowest BCUT2D eigenvalue weighted by Gasteiger charge is -2.33. The molecule has 1 atom stereocenters. The molecule has 1 aromatic rings. The van der Waals surface area contributed by atoms with Gasteiger partial charge in [0.15, 0.2) is 0 Å².